The highest BCUT2D eigenvalue weighted by molar-refractivity contribution is 7.13. The minimum Gasteiger partial charge on any atom is -0.372 e. The molecule has 0 saturated heterocycles. The number of para-hydroxylation sites is 1. The molecule has 0 fully saturated rings. The maximum absolute atomic E-state index is 11.7. The largest absolute Gasteiger partial charge is 0.372 e. The Kier molecular flexibility index (Phi) is 5.52. The van der Waals surface area contributed by atoms with Crippen LogP contribution >= 0.6 is 22.9 Å². The second-order valence-corrected chi connectivity index (χ2v) is 5.13. The summed E-state index contributed by atoms with van der Waals surface area (Å²) < 4.78 is 5.09. The number of hydrogen-bond donors (Lipinski definition) is 1. The number of anilines is 1. The number of rotatable bonds is 6. The monoisotopic (exact) mass is 310 g/mol. The number of aromatic nitrogens is 1. The molecule has 2 aromatic rings. The van der Waals surface area contributed by atoms with E-state index in [2.05, 4.69) is 10.3 Å². The van der Waals surface area contributed by atoms with E-state index in [9.17, 15) is 4.79 Å². The van der Waals surface area contributed by atoms with Gasteiger partial charge in [0.1, 0.15) is 11.6 Å². The summed E-state index contributed by atoms with van der Waals surface area (Å²) in [6, 6.07) is 7.55. The lowest BCUT2D eigenvalue weighted by atomic mass is 10.2. The summed E-state index contributed by atoms with van der Waals surface area (Å²) in [5.74, 6) is 0.212. The third-order valence-corrected chi connectivity index (χ3v) is 3.76. The molecule has 0 aliphatic carbocycles. The van der Waals surface area contributed by atoms with Crippen molar-refractivity contribution in [1.82, 2.24) is 4.98 Å². The van der Waals surface area contributed by atoms with E-state index >= 15 is 0 Å². The van der Waals surface area contributed by atoms with Crippen LogP contribution < -0.4 is 5.32 Å². The summed E-state index contributed by atoms with van der Waals surface area (Å²) in [5.41, 5.74) is 2.45. The Bertz CT molecular complexity index is 586. The van der Waals surface area contributed by atoms with Gasteiger partial charge in [-0.3, -0.25) is 4.79 Å². The zero-order valence-electron chi connectivity index (χ0n) is 11.1. The van der Waals surface area contributed by atoms with Gasteiger partial charge in [0.25, 0.3) is 0 Å². The summed E-state index contributed by atoms with van der Waals surface area (Å²) in [6.45, 7) is 2.42. The Hall–Kier alpha value is -1.43. The molecule has 1 heterocycles. The summed E-state index contributed by atoms with van der Waals surface area (Å²) in [6.07, 6.45) is 0. The summed E-state index contributed by atoms with van der Waals surface area (Å²) in [7, 11) is 0. The zero-order valence-corrected chi connectivity index (χ0v) is 12.6. The maximum atomic E-state index is 11.7. The fraction of sp³-hybridized carbons (Fsp3) is 0.286. The number of carbonyl (C=O) groups is 1. The van der Waals surface area contributed by atoms with Crippen molar-refractivity contribution in [1.29, 1.82) is 0 Å². The maximum Gasteiger partial charge on any atom is 0.250 e. The summed E-state index contributed by atoms with van der Waals surface area (Å²) >= 11 is 7.28. The van der Waals surface area contributed by atoms with E-state index in [0.29, 0.717) is 12.5 Å². The predicted octanol–water partition coefficient (Wildman–Crippen LogP) is 3.52. The van der Waals surface area contributed by atoms with Crippen molar-refractivity contribution in [2.24, 2.45) is 0 Å². The Morgan fingerprint density at radius 2 is 2.25 bits per heavy atom. The number of carbonyl (C=O) groups excluding carboxylic acids is 1. The van der Waals surface area contributed by atoms with Crippen molar-refractivity contribution in [2.45, 2.75) is 12.8 Å². The van der Waals surface area contributed by atoms with Gasteiger partial charge in [-0.15, -0.1) is 22.9 Å². The van der Waals surface area contributed by atoms with Gasteiger partial charge in [-0.2, -0.15) is 0 Å². The van der Waals surface area contributed by atoms with Crippen molar-refractivity contribution in [2.75, 3.05) is 18.5 Å². The molecule has 106 valence electrons. The van der Waals surface area contributed by atoms with Crippen LogP contribution in [0.2, 0.25) is 0 Å². The minimum absolute atomic E-state index is 0.0512. The van der Waals surface area contributed by atoms with E-state index in [1.54, 1.807) is 0 Å². The molecular formula is C14H15ClN2O2S. The van der Waals surface area contributed by atoms with Gasteiger partial charge in [0, 0.05) is 17.6 Å². The van der Waals surface area contributed by atoms with Gasteiger partial charge in [0.05, 0.1) is 17.3 Å². The molecule has 0 aliphatic heterocycles. The highest BCUT2D eigenvalue weighted by Gasteiger charge is 2.11. The van der Waals surface area contributed by atoms with E-state index in [-0.39, 0.29) is 12.5 Å². The molecule has 0 radical (unpaired) electrons. The van der Waals surface area contributed by atoms with Crippen LogP contribution in [0.1, 0.15) is 12.6 Å². The quantitative estimate of drug-likeness (QED) is 0.830. The van der Waals surface area contributed by atoms with Crippen molar-refractivity contribution in [3.8, 4) is 10.6 Å². The molecule has 1 aromatic carbocycles. The topological polar surface area (TPSA) is 51.2 Å². The average Bonchev–Trinajstić information content (AvgIpc) is 2.94. The Morgan fingerprint density at radius 1 is 1.45 bits per heavy atom. The summed E-state index contributed by atoms with van der Waals surface area (Å²) in [4.78, 5) is 16.2. The second kappa shape index (κ2) is 7.38. The molecular weight excluding hydrogens is 296 g/mol. The minimum atomic E-state index is -0.173. The lowest BCUT2D eigenvalue weighted by Gasteiger charge is -2.09. The van der Waals surface area contributed by atoms with Crippen LogP contribution in [0.25, 0.3) is 10.6 Å². The van der Waals surface area contributed by atoms with Gasteiger partial charge in [-0.05, 0) is 19.1 Å². The fourth-order valence-corrected chi connectivity index (χ4v) is 2.74. The van der Waals surface area contributed by atoms with Gasteiger partial charge in [0.2, 0.25) is 5.91 Å². The number of alkyl halides is 1. The molecule has 2 rings (SSSR count). The van der Waals surface area contributed by atoms with Crippen LogP contribution in [0.5, 0.6) is 0 Å². The zero-order chi connectivity index (χ0) is 14.4. The van der Waals surface area contributed by atoms with Crippen LogP contribution in [0, 0.1) is 0 Å². The molecule has 4 nitrogen and oxygen atoms in total. The van der Waals surface area contributed by atoms with E-state index in [0.717, 1.165) is 22.0 Å². The highest BCUT2D eigenvalue weighted by Crippen LogP contribution is 2.30. The first-order valence-electron chi connectivity index (χ1n) is 6.22. The van der Waals surface area contributed by atoms with Crippen molar-refractivity contribution in [3.63, 3.8) is 0 Å². The molecule has 1 aromatic heterocycles. The first kappa shape index (κ1) is 15.0. The molecule has 6 heteroatoms. The lowest BCUT2D eigenvalue weighted by molar-refractivity contribution is -0.120. The number of hydrogen-bond acceptors (Lipinski definition) is 4. The average molecular weight is 311 g/mol. The Labute approximate surface area is 126 Å². The SMILES string of the molecule is CCOCC(=O)Nc1ccccc1-c1nc(CCl)cs1. The Morgan fingerprint density at radius 3 is 2.95 bits per heavy atom. The Balaban J connectivity index is 2.19. The highest BCUT2D eigenvalue weighted by atomic mass is 35.5. The number of amides is 1. The van der Waals surface area contributed by atoms with Gasteiger partial charge < -0.3 is 10.1 Å². The van der Waals surface area contributed by atoms with E-state index < -0.39 is 0 Å². The molecule has 0 aliphatic rings. The molecule has 0 bridgehead atoms. The van der Waals surface area contributed by atoms with Crippen molar-refractivity contribution in [3.05, 3.63) is 35.3 Å². The normalized spacial score (nSPS) is 10.5. The van der Waals surface area contributed by atoms with Crippen molar-refractivity contribution >= 4 is 34.5 Å². The van der Waals surface area contributed by atoms with Crippen LogP contribution in [0.4, 0.5) is 5.69 Å². The molecule has 0 unspecified atom stereocenters. The first-order chi connectivity index (χ1) is 9.74. The smallest absolute Gasteiger partial charge is 0.250 e. The van der Waals surface area contributed by atoms with E-state index in [4.69, 9.17) is 16.3 Å². The van der Waals surface area contributed by atoms with Crippen molar-refractivity contribution < 1.29 is 9.53 Å². The fourth-order valence-electron chi connectivity index (χ4n) is 1.65. The number of nitrogens with one attached hydrogen (secondary N) is 1. The first-order valence-corrected chi connectivity index (χ1v) is 7.63. The van der Waals surface area contributed by atoms with Crippen LogP contribution in [0.15, 0.2) is 29.6 Å². The van der Waals surface area contributed by atoms with Crippen LogP contribution in [-0.4, -0.2) is 24.1 Å². The van der Waals surface area contributed by atoms with Gasteiger partial charge in [-0.1, -0.05) is 12.1 Å². The van der Waals surface area contributed by atoms with Gasteiger partial charge in [0.15, 0.2) is 0 Å². The number of halogens is 1. The molecule has 20 heavy (non-hydrogen) atoms. The predicted molar refractivity (Wildman–Crippen MR) is 82.2 cm³/mol. The van der Waals surface area contributed by atoms with Gasteiger partial charge >= 0.3 is 0 Å². The van der Waals surface area contributed by atoms with Gasteiger partial charge in [-0.25, -0.2) is 4.98 Å². The third-order valence-electron chi connectivity index (χ3n) is 2.56. The number of nitrogens with zero attached hydrogens (tertiary/aromatic N) is 1. The second-order valence-electron chi connectivity index (χ2n) is 4.01. The number of thiazole rings is 1. The number of ether oxygens (including phenoxy) is 1. The molecule has 1 amide bonds. The van der Waals surface area contributed by atoms with E-state index in [1.165, 1.54) is 11.3 Å². The number of benzene rings is 1. The van der Waals surface area contributed by atoms with Crippen LogP contribution in [0.3, 0.4) is 0 Å². The summed E-state index contributed by atoms with van der Waals surface area (Å²) in [5, 5.41) is 5.60. The van der Waals surface area contributed by atoms with E-state index in [1.807, 2.05) is 36.6 Å². The molecule has 0 spiro atoms. The molecule has 1 N–H and O–H groups in total. The standard InChI is InChI=1S/C14H15ClN2O2S/c1-2-19-8-13(18)17-12-6-4-3-5-11(12)14-16-10(7-15)9-20-14/h3-6,9H,2,7-8H2,1H3,(H,17,18). The lowest BCUT2D eigenvalue weighted by Crippen LogP contribution is -2.18. The van der Waals surface area contributed by atoms with Crippen LogP contribution in [-0.2, 0) is 15.4 Å². The molecule has 0 atom stereocenters. The third kappa shape index (κ3) is 3.79. The molecule has 0 saturated carbocycles.